The summed E-state index contributed by atoms with van der Waals surface area (Å²) in [7, 11) is 1.46. The van der Waals surface area contributed by atoms with Crippen LogP contribution in [0.15, 0.2) is 42.6 Å². The minimum absolute atomic E-state index is 0.0254. The molecule has 3 heterocycles. The summed E-state index contributed by atoms with van der Waals surface area (Å²) >= 11 is 0. The number of halogens is 1. The van der Waals surface area contributed by atoms with Crippen LogP contribution in [0.25, 0.3) is 0 Å². The highest BCUT2D eigenvalue weighted by atomic mass is 19.1. The molecule has 13 heteroatoms. The molecule has 38 heavy (non-hydrogen) atoms. The molecule has 0 fully saturated rings. The zero-order chi connectivity index (χ0) is 26.9. The molecule has 2 aromatic carbocycles. The molecule has 7 bridgehead atoms. The van der Waals surface area contributed by atoms with Gasteiger partial charge in [0.25, 0.3) is 17.7 Å². The van der Waals surface area contributed by atoms with Crippen LogP contribution in [0, 0.1) is 5.82 Å². The summed E-state index contributed by atoms with van der Waals surface area (Å²) in [5.74, 6) is -2.15. The molecule has 1 unspecified atom stereocenters. The fraction of sp³-hybridized carbons (Fsp3) is 0.240. The van der Waals surface area contributed by atoms with Crippen LogP contribution >= 0.6 is 0 Å². The monoisotopic (exact) mass is 521 g/mol. The minimum Gasteiger partial charge on any atom is -0.497 e. The van der Waals surface area contributed by atoms with E-state index in [0.717, 1.165) is 6.20 Å². The lowest BCUT2D eigenvalue weighted by atomic mass is 10.0. The van der Waals surface area contributed by atoms with E-state index in [9.17, 15) is 18.8 Å². The number of fused-ring (bicyclic) bond motifs is 7. The van der Waals surface area contributed by atoms with E-state index >= 15 is 0 Å². The van der Waals surface area contributed by atoms with Crippen molar-refractivity contribution in [1.82, 2.24) is 20.6 Å². The fourth-order valence-corrected chi connectivity index (χ4v) is 3.92. The Labute approximate surface area is 216 Å². The molecular weight excluding hydrogens is 497 g/mol. The van der Waals surface area contributed by atoms with E-state index in [1.54, 1.807) is 30.3 Å². The highest BCUT2D eigenvalue weighted by molar-refractivity contribution is 6.14. The Kier molecular flexibility index (Phi) is 6.51. The Balaban J connectivity index is 1.54. The van der Waals surface area contributed by atoms with Gasteiger partial charge in [-0.05, 0) is 31.2 Å². The van der Waals surface area contributed by atoms with Gasteiger partial charge in [0.1, 0.15) is 5.75 Å². The van der Waals surface area contributed by atoms with E-state index in [1.807, 2.05) is 0 Å². The summed E-state index contributed by atoms with van der Waals surface area (Å²) in [5.41, 5.74) is 0.322. The SMILES string of the molecule is COc1cc2cc(c1)C(=O)NCCNC(=O)C1(C)OCc3ccc(cc3NC1=O)Nc1nc(ncc1F)N2. The molecule has 2 aliphatic rings. The number of carbonyl (C=O) groups excluding carboxylic acids is 3. The third kappa shape index (κ3) is 4.91. The molecule has 1 atom stereocenters. The number of hydrogen-bond acceptors (Lipinski definition) is 9. The van der Waals surface area contributed by atoms with Crippen molar-refractivity contribution in [3.63, 3.8) is 0 Å². The molecule has 3 aromatic rings. The highest BCUT2D eigenvalue weighted by Crippen LogP contribution is 2.31. The van der Waals surface area contributed by atoms with E-state index < -0.39 is 29.1 Å². The molecule has 5 rings (SSSR count). The topological polar surface area (TPSA) is 156 Å². The number of rotatable bonds is 1. The third-order valence-corrected chi connectivity index (χ3v) is 6.10. The van der Waals surface area contributed by atoms with E-state index in [-0.39, 0.29) is 37.0 Å². The van der Waals surface area contributed by atoms with Gasteiger partial charge >= 0.3 is 0 Å². The van der Waals surface area contributed by atoms with Gasteiger partial charge in [0, 0.05) is 47.3 Å². The van der Waals surface area contributed by atoms with Gasteiger partial charge in [0.2, 0.25) is 11.5 Å². The number of nitrogens with one attached hydrogen (secondary N) is 5. The van der Waals surface area contributed by atoms with Gasteiger partial charge in [-0.3, -0.25) is 14.4 Å². The zero-order valence-electron chi connectivity index (χ0n) is 20.5. The van der Waals surface area contributed by atoms with Crippen LogP contribution in [0.1, 0.15) is 22.8 Å². The van der Waals surface area contributed by atoms with Crippen LogP contribution in [-0.2, 0) is 20.9 Å². The smallest absolute Gasteiger partial charge is 0.266 e. The van der Waals surface area contributed by atoms with E-state index in [4.69, 9.17) is 9.47 Å². The van der Waals surface area contributed by atoms with Gasteiger partial charge in [0.05, 0.1) is 19.9 Å². The van der Waals surface area contributed by atoms with Gasteiger partial charge < -0.3 is 36.1 Å². The molecular formula is C25H24FN7O5. The quantitative estimate of drug-likeness (QED) is 0.303. The minimum atomic E-state index is -1.82. The second-order valence-electron chi connectivity index (χ2n) is 8.75. The number of hydrogen-bond donors (Lipinski definition) is 5. The number of ether oxygens (including phenoxy) is 2. The van der Waals surface area contributed by atoms with Crippen LogP contribution in [0.2, 0.25) is 0 Å². The molecule has 0 saturated carbocycles. The maximum atomic E-state index is 14.6. The lowest BCUT2D eigenvalue weighted by Crippen LogP contribution is -2.54. The number of nitrogens with zero attached hydrogens (tertiary/aromatic N) is 2. The number of aromatic nitrogens is 2. The maximum Gasteiger partial charge on any atom is 0.266 e. The molecule has 196 valence electrons. The predicted molar refractivity (Wildman–Crippen MR) is 135 cm³/mol. The fourth-order valence-electron chi connectivity index (χ4n) is 3.92. The standard InChI is InChI=1S/C25H24FN7O5/c1-25-22(35)28-6-5-27-21(34)14-7-16(9-17(8-14)37-2)31-24-29-11-18(26)20(33-24)30-15-4-3-13(12-38-25)19(10-15)32-23(25)36/h3-4,7-11H,5-6,12H2,1-2H3,(H,27,34)(H,28,35)(H,32,36)(H2,29,30,31,33). The number of benzene rings is 2. The Hall–Kier alpha value is -4.78. The summed E-state index contributed by atoms with van der Waals surface area (Å²) in [4.78, 5) is 46.9. The third-order valence-electron chi connectivity index (χ3n) is 6.10. The van der Waals surface area contributed by atoms with Crippen molar-refractivity contribution < 1.29 is 28.2 Å². The second-order valence-corrected chi connectivity index (χ2v) is 8.75. The van der Waals surface area contributed by atoms with Crippen molar-refractivity contribution in [2.24, 2.45) is 0 Å². The number of amides is 3. The molecule has 5 N–H and O–H groups in total. The lowest BCUT2D eigenvalue weighted by molar-refractivity contribution is -0.156. The average Bonchev–Trinajstić information content (AvgIpc) is 3.03. The first kappa shape index (κ1) is 24.9. The summed E-state index contributed by atoms with van der Waals surface area (Å²) in [6.07, 6.45) is 1.00. The summed E-state index contributed by atoms with van der Waals surface area (Å²) in [5, 5.41) is 13.9. The van der Waals surface area contributed by atoms with Crippen molar-refractivity contribution in [1.29, 1.82) is 0 Å². The van der Waals surface area contributed by atoms with Crippen molar-refractivity contribution in [2.75, 3.05) is 36.1 Å². The normalized spacial score (nSPS) is 19.3. The van der Waals surface area contributed by atoms with E-state index in [2.05, 4.69) is 36.6 Å². The van der Waals surface area contributed by atoms with Crippen molar-refractivity contribution in [2.45, 2.75) is 19.1 Å². The molecule has 1 aromatic heterocycles. The van der Waals surface area contributed by atoms with E-state index in [0.29, 0.717) is 28.4 Å². The predicted octanol–water partition coefficient (Wildman–Crippen LogP) is 2.20. The van der Waals surface area contributed by atoms with Gasteiger partial charge in [0.15, 0.2) is 11.6 Å². The molecule has 0 saturated heterocycles. The van der Waals surface area contributed by atoms with Crippen LogP contribution in [-0.4, -0.2) is 53.5 Å². The molecule has 12 nitrogen and oxygen atoms in total. The maximum absolute atomic E-state index is 14.6. The number of carbonyl (C=O) groups is 3. The second kappa shape index (κ2) is 9.94. The van der Waals surface area contributed by atoms with Crippen LogP contribution in [0.5, 0.6) is 5.75 Å². The van der Waals surface area contributed by atoms with Crippen LogP contribution in [0.4, 0.5) is 33.2 Å². The Morgan fingerprint density at radius 2 is 1.79 bits per heavy atom. The van der Waals surface area contributed by atoms with Gasteiger partial charge in [-0.25, -0.2) is 9.37 Å². The number of methoxy groups -OCH3 is 1. The van der Waals surface area contributed by atoms with Gasteiger partial charge in [-0.1, -0.05) is 6.07 Å². The van der Waals surface area contributed by atoms with Gasteiger partial charge in [-0.2, -0.15) is 4.98 Å². The van der Waals surface area contributed by atoms with Crippen molar-refractivity contribution in [3.05, 3.63) is 59.5 Å². The first-order chi connectivity index (χ1) is 18.2. The molecule has 0 aliphatic carbocycles. The summed E-state index contributed by atoms with van der Waals surface area (Å²) in [6, 6.07) is 9.67. The van der Waals surface area contributed by atoms with Crippen molar-refractivity contribution in [3.8, 4) is 5.75 Å². The lowest BCUT2D eigenvalue weighted by Gasteiger charge is -2.25. The highest BCUT2D eigenvalue weighted by Gasteiger charge is 2.44. The molecule has 0 radical (unpaired) electrons. The molecule has 0 spiro atoms. The Morgan fingerprint density at radius 3 is 2.61 bits per heavy atom. The molecule has 3 amide bonds. The Bertz CT molecular complexity index is 1450. The summed E-state index contributed by atoms with van der Waals surface area (Å²) < 4.78 is 25.6. The van der Waals surface area contributed by atoms with Crippen LogP contribution in [0.3, 0.4) is 0 Å². The first-order valence-corrected chi connectivity index (χ1v) is 11.7. The zero-order valence-corrected chi connectivity index (χ0v) is 20.5. The first-order valence-electron chi connectivity index (χ1n) is 11.7. The van der Waals surface area contributed by atoms with Crippen LogP contribution < -0.4 is 31.3 Å². The Morgan fingerprint density at radius 1 is 0.974 bits per heavy atom. The average molecular weight is 522 g/mol. The largest absolute Gasteiger partial charge is 0.497 e. The number of anilines is 5. The molecule has 2 aliphatic heterocycles. The van der Waals surface area contributed by atoms with E-state index in [1.165, 1.54) is 20.1 Å². The van der Waals surface area contributed by atoms with Gasteiger partial charge in [-0.15, -0.1) is 0 Å². The summed E-state index contributed by atoms with van der Waals surface area (Å²) in [6.45, 7) is 1.49. The van der Waals surface area contributed by atoms with Crippen molar-refractivity contribution >= 4 is 46.5 Å².